The third-order valence-corrected chi connectivity index (χ3v) is 6.27. The summed E-state index contributed by atoms with van der Waals surface area (Å²) in [5.41, 5.74) is 0. The van der Waals surface area contributed by atoms with E-state index in [2.05, 4.69) is 41.8 Å². The molecule has 3 heteroatoms. The normalized spacial score (nSPS) is 12.6. The van der Waals surface area contributed by atoms with Gasteiger partial charge in [-0.3, -0.25) is 0 Å². The fraction of sp³-hybridized carbons (Fsp3) is 0.697. The monoisotopic (exact) mass is 496 g/mol. The second kappa shape index (κ2) is 29.3. The molecule has 2 unspecified atom stereocenters. The highest BCUT2D eigenvalue weighted by atomic mass is 16.3. The Morgan fingerprint density at radius 2 is 1.08 bits per heavy atom. The van der Waals surface area contributed by atoms with Gasteiger partial charge in [-0.05, 0) is 68.9 Å². The van der Waals surface area contributed by atoms with Crippen molar-refractivity contribution in [3.05, 3.63) is 24.3 Å². The van der Waals surface area contributed by atoms with Gasteiger partial charge in [-0.2, -0.15) is 0 Å². The van der Waals surface area contributed by atoms with Crippen molar-refractivity contribution in [3.63, 3.8) is 0 Å². The maximum atomic E-state index is 9.72. The van der Waals surface area contributed by atoms with Crippen molar-refractivity contribution in [1.29, 1.82) is 0 Å². The van der Waals surface area contributed by atoms with Crippen LogP contribution in [0.1, 0.15) is 128 Å². The second-order valence-electron chi connectivity index (χ2n) is 9.62. The fourth-order valence-corrected chi connectivity index (χ4v) is 4.11. The van der Waals surface area contributed by atoms with Crippen LogP contribution in [0.5, 0.6) is 0 Å². The summed E-state index contributed by atoms with van der Waals surface area (Å²) in [6, 6.07) is 0. The van der Waals surface area contributed by atoms with E-state index in [9.17, 15) is 10.2 Å². The molecule has 0 radical (unpaired) electrons. The van der Waals surface area contributed by atoms with Gasteiger partial charge in [-0.25, -0.2) is 0 Å². The topological polar surface area (TPSA) is 60.7 Å². The summed E-state index contributed by atoms with van der Waals surface area (Å²) < 4.78 is 0. The van der Waals surface area contributed by atoms with Crippen LogP contribution >= 0.6 is 0 Å². The molecular weight excluding hydrogens is 444 g/mol. The number of aliphatic hydroxyl groups excluding tert-OH is 3. The van der Waals surface area contributed by atoms with Crippen LogP contribution in [0.25, 0.3) is 0 Å². The standard InChI is InChI=1S/C33H52O3/c1-2-3-27-32(35)28-23-20-18-16-14-12-10-8-6-4-5-7-9-11-13-15-17-19-21-24-29-33(36)30-25-22-26-31-34/h1,3-4,6,27,32-36H,5,7-21,23-24,28-29,31H2. The SMILES string of the molecule is C#CC=CC(O)CCCCCCCCCC=CCCCCCCCCCCCC(O)C#CC#CCO. The first kappa shape index (κ1) is 34.0. The highest BCUT2D eigenvalue weighted by Gasteiger charge is 1.99. The zero-order valence-electron chi connectivity index (χ0n) is 22.7. The molecule has 0 bridgehead atoms. The molecule has 202 valence electrons. The van der Waals surface area contributed by atoms with Crippen LogP contribution in [-0.4, -0.2) is 34.1 Å². The Balaban J connectivity index is 3.27. The van der Waals surface area contributed by atoms with Crippen molar-refractivity contribution in [1.82, 2.24) is 0 Å². The van der Waals surface area contributed by atoms with Gasteiger partial charge >= 0.3 is 0 Å². The zero-order chi connectivity index (χ0) is 26.4. The molecule has 0 fully saturated rings. The van der Waals surface area contributed by atoms with Crippen molar-refractivity contribution in [3.8, 4) is 36.0 Å². The van der Waals surface area contributed by atoms with Gasteiger partial charge in [0.05, 0.1) is 6.10 Å². The third-order valence-electron chi connectivity index (χ3n) is 6.27. The number of unbranched alkanes of at least 4 members (excludes halogenated alkanes) is 16. The molecule has 0 aliphatic heterocycles. The molecule has 0 aliphatic rings. The van der Waals surface area contributed by atoms with Gasteiger partial charge in [0.2, 0.25) is 0 Å². The van der Waals surface area contributed by atoms with Gasteiger partial charge in [-0.1, -0.05) is 113 Å². The average Bonchev–Trinajstić information content (AvgIpc) is 2.88. The summed E-state index contributed by atoms with van der Waals surface area (Å²) in [7, 11) is 0. The van der Waals surface area contributed by atoms with Gasteiger partial charge in [0.25, 0.3) is 0 Å². The Hall–Kier alpha value is -1.96. The van der Waals surface area contributed by atoms with Crippen molar-refractivity contribution >= 4 is 0 Å². The molecule has 2 atom stereocenters. The van der Waals surface area contributed by atoms with Crippen LogP contribution in [0.4, 0.5) is 0 Å². The maximum absolute atomic E-state index is 9.72. The Bertz CT molecular complexity index is 692. The predicted octanol–water partition coefficient (Wildman–Crippen LogP) is 7.25. The molecule has 0 saturated carbocycles. The van der Waals surface area contributed by atoms with E-state index in [0.717, 1.165) is 25.7 Å². The van der Waals surface area contributed by atoms with Crippen LogP contribution in [0.2, 0.25) is 0 Å². The van der Waals surface area contributed by atoms with Crippen LogP contribution in [0.15, 0.2) is 24.3 Å². The minimum Gasteiger partial charge on any atom is -0.389 e. The Morgan fingerprint density at radius 1 is 0.611 bits per heavy atom. The van der Waals surface area contributed by atoms with E-state index in [1.807, 2.05) is 0 Å². The molecule has 0 aromatic heterocycles. The van der Waals surface area contributed by atoms with E-state index < -0.39 is 6.10 Å². The van der Waals surface area contributed by atoms with Crippen LogP contribution in [-0.2, 0) is 0 Å². The first-order valence-electron chi connectivity index (χ1n) is 14.4. The Labute approximate surface area is 222 Å². The molecule has 0 amide bonds. The lowest BCUT2D eigenvalue weighted by atomic mass is 10.0. The number of hydrogen-bond acceptors (Lipinski definition) is 3. The lowest BCUT2D eigenvalue weighted by molar-refractivity contribution is 0.208. The Kier molecular flexibility index (Phi) is 27.7. The largest absolute Gasteiger partial charge is 0.389 e. The molecule has 0 spiro atoms. The van der Waals surface area contributed by atoms with Gasteiger partial charge < -0.3 is 15.3 Å². The molecule has 0 aliphatic carbocycles. The van der Waals surface area contributed by atoms with E-state index in [-0.39, 0.29) is 12.7 Å². The minimum atomic E-state index is -0.595. The summed E-state index contributed by atoms with van der Waals surface area (Å²) in [4.78, 5) is 0. The van der Waals surface area contributed by atoms with Gasteiger partial charge in [0.15, 0.2) is 0 Å². The number of aliphatic hydroxyl groups is 3. The predicted molar refractivity (Wildman–Crippen MR) is 154 cm³/mol. The van der Waals surface area contributed by atoms with Crippen molar-refractivity contribution in [2.45, 2.75) is 141 Å². The van der Waals surface area contributed by atoms with Crippen LogP contribution in [0.3, 0.4) is 0 Å². The lowest BCUT2D eigenvalue weighted by Crippen LogP contribution is -2.01. The van der Waals surface area contributed by atoms with Gasteiger partial charge in [-0.15, -0.1) is 6.42 Å². The van der Waals surface area contributed by atoms with Crippen molar-refractivity contribution in [2.24, 2.45) is 0 Å². The summed E-state index contributed by atoms with van der Waals surface area (Å²) >= 11 is 0. The van der Waals surface area contributed by atoms with E-state index in [0.29, 0.717) is 6.42 Å². The summed E-state index contributed by atoms with van der Waals surface area (Å²) in [6.07, 6.45) is 36.3. The number of terminal acetylenes is 1. The van der Waals surface area contributed by atoms with E-state index in [4.69, 9.17) is 11.5 Å². The summed E-state index contributed by atoms with van der Waals surface area (Å²) in [5, 5.41) is 27.9. The van der Waals surface area contributed by atoms with E-state index in [1.54, 1.807) is 12.2 Å². The second-order valence-corrected chi connectivity index (χ2v) is 9.62. The average molecular weight is 497 g/mol. The molecule has 3 nitrogen and oxygen atoms in total. The highest BCUT2D eigenvalue weighted by Crippen LogP contribution is 2.13. The minimum absolute atomic E-state index is 0.188. The first-order chi connectivity index (χ1) is 17.7. The van der Waals surface area contributed by atoms with E-state index in [1.165, 1.54) is 96.3 Å². The van der Waals surface area contributed by atoms with Crippen LogP contribution < -0.4 is 0 Å². The quantitative estimate of drug-likeness (QED) is 0.0793. The molecule has 0 saturated heterocycles. The number of rotatable bonds is 23. The summed E-state index contributed by atoms with van der Waals surface area (Å²) in [6.45, 7) is -0.188. The van der Waals surface area contributed by atoms with Gasteiger partial charge in [0.1, 0.15) is 12.7 Å². The van der Waals surface area contributed by atoms with Crippen molar-refractivity contribution in [2.75, 3.05) is 6.61 Å². The molecule has 0 aromatic rings. The molecule has 0 aromatic carbocycles. The highest BCUT2D eigenvalue weighted by molar-refractivity contribution is 5.27. The number of hydrogen-bond donors (Lipinski definition) is 3. The summed E-state index contributed by atoms with van der Waals surface area (Å²) in [5.74, 6) is 12.6. The molecule has 36 heavy (non-hydrogen) atoms. The maximum Gasteiger partial charge on any atom is 0.115 e. The van der Waals surface area contributed by atoms with E-state index >= 15 is 0 Å². The van der Waals surface area contributed by atoms with Crippen molar-refractivity contribution < 1.29 is 15.3 Å². The zero-order valence-corrected chi connectivity index (χ0v) is 22.7. The third kappa shape index (κ3) is 28.3. The number of allylic oxidation sites excluding steroid dienone is 3. The molecule has 0 heterocycles. The lowest BCUT2D eigenvalue weighted by Gasteiger charge is -2.05. The first-order valence-corrected chi connectivity index (χ1v) is 14.4. The van der Waals surface area contributed by atoms with Gasteiger partial charge in [0, 0.05) is 0 Å². The molecule has 3 N–H and O–H groups in total. The van der Waals surface area contributed by atoms with Crippen LogP contribution in [0, 0.1) is 36.0 Å². The molecule has 0 rings (SSSR count). The smallest absolute Gasteiger partial charge is 0.115 e. The Morgan fingerprint density at radius 3 is 1.58 bits per heavy atom. The molecular formula is C33H52O3. The fourth-order valence-electron chi connectivity index (χ4n) is 4.11.